The number of aromatic carboxylic acids is 1. The van der Waals surface area contributed by atoms with E-state index in [2.05, 4.69) is 15.3 Å². The van der Waals surface area contributed by atoms with Crippen LogP contribution in [0.3, 0.4) is 0 Å². The summed E-state index contributed by atoms with van der Waals surface area (Å²) in [7, 11) is 3.09. The molecule has 0 aliphatic carbocycles. The minimum absolute atomic E-state index is 0.143. The molecule has 1 heterocycles. The zero-order chi connectivity index (χ0) is 16.8. The van der Waals surface area contributed by atoms with Gasteiger partial charge >= 0.3 is 5.97 Å². The molecule has 1 aromatic heterocycles. The van der Waals surface area contributed by atoms with Gasteiger partial charge in [0.25, 0.3) is 5.91 Å². The number of aromatic nitrogens is 2. The zero-order valence-electron chi connectivity index (χ0n) is 12.8. The van der Waals surface area contributed by atoms with Crippen molar-refractivity contribution in [1.29, 1.82) is 0 Å². The van der Waals surface area contributed by atoms with Crippen molar-refractivity contribution in [3.05, 3.63) is 41.5 Å². The summed E-state index contributed by atoms with van der Waals surface area (Å²) in [6.45, 7) is 0.300. The second-order valence-corrected chi connectivity index (χ2v) is 4.59. The molecular formula is C15H17N3O5. The van der Waals surface area contributed by atoms with Gasteiger partial charge in [0, 0.05) is 6.54 Å². The number of amides is 1. The summed E-state index contributed by atoms with van der Waals surface area (Å²) >= 11 is 0. The Bertz CT molecular complexity index is 711. The van der Waals surface area contributed by atoms with E-state index in [9.17, 15) is 9.59 Å². The summed E-state index contributed by atoms with van der Waals surface area (Å²) in [6.07, 6.45) is 1.67. The smallest absolute Gasteiger partial charge is 0.354 e. The highest BCUT2D eigenvalue weighted by Crippen LogP contribution is 2.30. The first-order valence-electron chi connectivity index (χ1n) is 6.83. The number of rotatable bonds is 7. The molecule has 0 radical (unpaired) electrons. The quantitative estimate of drug-likeness (QED) is 0.704. The fourth-order valence-corrected chi connectivity index (χ4v) is 2.17. The van der Waals surface area contributed by atoms with Crippen LogP contribution in [0, 0.1) is 0 Å². The van der Waals surface area contributed by atoms with E-state index < -0.39 is 11.9 Å². The first-order valence-corrected chi connectivity index (χ1v) is 6.83. The number of ether oxygens (including phenoxy) is 2. The number of carboxylic acid groups (broad SMARTS) is 1. The molecule has 122 valence electrons. The first kappa shape index (κ1) is 16.3. The Morgan fingerprint density at radius 2 is 2.09 bits per heavy atom. The standard InChI is InChI=1S/C15H17N3O5/c1-22-10-5-3-4-9(13(10)23-2)6-7-16-14(19)11-12(15(20)21)18-8-17-11/h3-5,8H,6-7H2,1-2H3,(H,16,19)(H,17,18)(H,20,21). The van der Waals surface area contributed by atoms with Crippen LogP contribution in [-0.4, -0.2) is 47.7 Å². The monoisotopic (exact) mass is 319 g/mol. The van der Waals surface area contributed by atoms with Crippen LogP contribution in [0.4, 0.5) is 0 Å². The maximum Gasteiger partial charge on any atom is 0.354 e. The fourth-order valence-electron chi connectivity index (χ4n) is 2.17. The Kier molecular flexibility index (Phi) is 5.19. The van der Waals surface area contributed by atoms with Gasteiger partial charge in [-0.05, 0) is 18.1 Å². The number of benzene rings is 1. The molecule has 23 heavy (non-hydrogen) atoms. The molecule has 0 bridgehead atoms. The number of aromatic amines is 1. The van der Waals surface area contributed by atoms with Gasteiger partial charge in [-0.25, -0.2) is 9.78 Å². The van der Waals surface area contributed by atoms with Gasteiger partial charge < -0.3 is 24.9 Å². The number of carboxylic acids is 1. The van der Waals surface area contributed by atoms with Crippen LogP contribution in [0.1, 0.15) is 26.5 Å². The number of hydrogen-bond donors (Lipinski definition) is 3. The molecule has 0 aliphatic rings. The molecule has 1 amide bonds. The third-order valence-electron chi connectivity index (χ3n) is 3.23. The lowest BCUT2D eigenvalue weighted by atomic mass is 10.1. The number of nitrogens with zero attached hydrogens (tertiary/aromatic N) is 1. The predicted molar refractivity (Wildman–Crippen MR) is 81.1 cm³/mol. The van der Waals surface area contributed by atoms with E-state index in [0.717, 1.165) is 5.56 Å². The summed E-state index contributed by atoms with van der Waals surface area (Å²) in [6, 6.07) is 5.48. The summed E-state index contributed by atoms with van der Waals surface area (Å²) in [4.78, 5) is 29.1. The maximum absolute atomic E-state index is 12.0. The van der Waals surface area contributed by atoms with Crippen LogP contribution in [-0.2, 0) is 6.42 Å². The van der Waals surface area contributed by atoms with Crippen molar-refractivity contribution in [1.82, 2.24) is 15.3 Å². The molecule has 2 rings (SSSR count). The predicted octanol–water partition coefficient (Wildman–Crippen LogP) is 1.10. The molecule has 0 unspecified atom stereocenters. The lowest BCUT2D eigenvalue weighted by Crippen LogP contribution is -2.27. The molecule has 0 fully saturated rings. The lowest BCUT2D eigenvalue weighted by molar-refractivity contribution is 0.0685. The highest BCUT2D eigenvalue weighted by molar-refractivity contribution is 6.02. The van der Waals surface area contributed by atoms with Crippen LogP contribution in [0.5, 0.6) is 11.5 Å². The van der Waals surface area contributed by atoms with E-state index in [4.69, 9.17) is 14.6 Å². The third kappa shape index (κ3) is 3.60. The number of hydrogen-bond acceptors (Lipinski definition) is 5. The number of methoxy groups -OCH3 is 2. The number of carbonyl (C=O) groups excluding carboxylic acids is 1. The molecule has 1 aromatic carbocycles. The van der Waals surface area contributed by atoms with Crippen molar-refractivity contribution in [2.75, 3.05) is 20.8 Å². The van der Waals surface area contributed by atoms with Gasteiger partial charge in [0.1, 0.15) is 0 Å². The molecular weight excluding hydrogens is 302 g/mol. The van der Waals surface area contributed by atoms with Gasteiger partial charge in [-0.15, -0.1) is 0 Å². The second-order valence-electron chi connectivity index (χ2n) is 4.59. The Balaban J connectivity index is 2.01. The fraction of sp³-hybridized carbons (Fsp3) is 0.267. The van der Waals surface area contributed by atoms with E-state index in [0.29, 0.717) is 24.5 Å². The highest BCUT2D eigenvalue weighted by Gasteiger charge is 2.19. The van der Waals surface area contributed by atoms with E-state index in [1.54, 1.807) is 20.3 Å². The molecule has 0 saturated heterocycles. The second kappa shape index (κ2) is 7.30. The minimum atomic E-state index is -1.23. The van der Waals surface area contributed by atoms with Crippen molar-refractivity contribution >= 4 is 11.9 Å². The van der Waals surface area contributed by atoms with Crippen LogP contribution < -0.4 is 14.8 Å². The molecule has 0 aliphatic heterocycles. The van der Waals surface area contributed by atoms with Crippen molar-refractivity contribution in [3.63, 3.8) is 0 Å². The van der Waals surface area contributed by atoms with Gasteiger partial charge in [0.2, 0.25) is 0 Å². The Labute approximate surface area is 132 Å². The van der Waals surface area contributed by atoms with Crippen molar-refractivity contribution in [3.8, 4) is 11.5 Å². The zero-order valence-corrected chi connectivity index (χ0v) is 12.8. The molecule has 0 spiro atoms. The van der Waals surface area contributed by atoms with Gasteiger partial charge in [-0.1, -0.05) is 12.1 Å². The third-order valence-corrected chi connectivity index (χ3v) is 3.23. The highest BCUT2D eigenvalue weighted by atomic mass is 16.5. The molecule has 3 N–H and O–H groups in total. The number of H-pyrrole nitrogens is 1. The van der Waals surface area contributed by atoms with Gasteiger partial charge in [0.05, 0.1) is 20.5 Å². The van der Waals surface area contributed by atoms with E-state index >= 15 is 0 Å². The number of imidazole rings is 1. The topological polar surface area (TPSA) is 114 Å². The minimum Gasteiger partial charge on any atom is -0.493 e. The number of para-hydroxylation sites is 1. The summed E-state index contributed by atoms with van der Waals surface area (Å²) in [5.41, 5.74) is 0.490. The van der Waals surface area contributed by atoms with Gasteiger partial charge in [-0.2, -0.15) is 0 Å². The maximum atomic E-state index is 12.0. The van der Waals surface area contributed by atoms with Crippen LogP contribution in [0.2, 0.25) is 0 Å². The molecule has 0 saturated carbocycles. The Hall–Kier alpha value is -3.03. The van der Waals surface area contributed by atoms with Crippen LogP contribution in [0.25, 0.3) is 0 Å². The molecule has 8 nitrogen and oxygen atoms in total. The largest absolute Gasteiger partial charge is 0.493 e. The molecule has 2 aromatic rings. The Morgan fingerprint density at radius 3 is 2.74 bits per heavy atom. The molecule has 8 heteroatoms. The summed E-state index contributed by atoms with van der Waals surface area (Å²) in [5, 5.41) is 11.6. The summed E-state index contributed by atoms with van der Waals surface area (Å²) < 4.78 is 10.5. The van der Waals surface area contributed by atoms with Crippen molar-refractivity contribution < 1.29 is 24.2 Å². The van der Waals surface area contributed by atoms with Gasteiger partial charge in [0.15, 0.2) is 22.9 Å². The first-order chi connectivity index (χ1) is 11.1. The molecule has 0 atom stereocenters. The van der Waals surface area contributed by atoms with Crippen LogP contribution >= 0.6 is 0 Å². The SMILES string of the molecule is COc1cccc(CCNC(=O)c2nc[nH]c2C(=O)O)c1OC. The van der Waals surface area contributed by atoms with Gasteiger partial charge in [-0.3, -0.25) is 4.79 Å². The van der Waals surface area contributed by atoms with Crippen molar-refractivity contribution in [2.45, 2.75) is 6.42 Å². The van der Waals surface area contributed by atoms with Crippen LogP contribution in [0.15, 0.2) is 24.5 Å². The van der Waals surface area contributed by atoms with E-state index in [1.807, 2.05) is 12.1 Å². The lowest BCUT2D eigenvalue weighted by Gasteiger charge is -2.12. The van der Waals surface area contributed by atoms with Crippen molar-refractivity contribution in [2.24, 2.45) is 0 Å². The number of nitrogens with one attached hydrogen (secondary N) is 2. The summed E-state index contributed by atoms with van der Waals surface area (Å²) in [5.74, 6) is -0.570. The normalized spacial score (nSPS) is 10.2. The Morgan fingerprint density at radius 1 is 1.30 bits per heavy atom. The van der Waals surface area contributed by atoms with E-state index in [-0.39, 0.29) is 11.4 Å². The average molecular weight is 319 g/mol. The average Bonchev–Trinajstić information content (AvgIpc) is 3.04. The number of carbonyl (C=O) groups is 2. The van der Waals surface area contributed by atoms with E-state index in [1.165, 1.54) is 6.33 Å².